The molecule has 2 N–H and O–H groups in total. The summed E-state index contributed by atoms with van der Waals surface area (Å²) in [6.45, 7) is 0. The number of nitrogens with zero attached hydrogens (tertiary/aromatic N) is 1. The summed E-state index contributed by atoms with van der Waals surface area (Å²) in [5, 5.41) is 2.74. The van der Waals surface area contributed by atoms with E-state index in [9.17, 15) is 9.18 Å². The van der Waals surface area contributed by atoms with Gasteiger partial charge in [0.25, 0.3) is 5.91 Å². The van der Waals surface area contributed by atoms with Crippen LogP contribution < -0.4 is 10.9 Å². The molecule has 4 rings (SSSR count). The first-order valence-corrected chi connectivity index (χ1v) is 8.84. The van der Waals surface area contributed by atoms with Gasteiger partial charge in [-0.25, -0.2) is 9.37 Å². The maximum Gasteiger partial charge on any atom is 0.270 e. The first-order chi connectivity index (χ1) is 12.7. The average molecular weight is 363 g/mol. The summed E-state index contributed by atoms with van der Waals surface area (Å²) in [5.74, 6) is -0.617. The van der Waals surface area contributed by atoms with Gasteiger partial charge >= 0.3 is 0 Å². The van der Waals surface area contributed by atoms with Crippen molar-refractivity contribution in [1.82, 2.24) is 10.4 Å². The van der Waals surface area contributed by atoms with Gasteiger partial charge in [0.2, 0.25) is 0 Å². The highest BCUT2D eigenvalue weighted by Gasteiger charge is 2.14. The zero-order valence-electron chi connectivity index (χ0n) is 13.6. The number of thiophene rings is 1. The van der Waals surface area contributed by atoms with E-state index in [-0.39, 0.29) is 11.7 Å². The number of benzene rings is 2. The minimum absolute atomic E-state index is 0.286. The molecule has 26 heavy (non-hydrogen) atoms. The topological polar surface area (TPSA) is 54.0 Å². The van der Waals surface area contributed by atoms with Crippen molar-refractivity contribution in [1.29, 1.82) is 0 Å². The molecule has 2 aromatic heterocycles. The van der Waals surface area contributed by atoms with Crippen LogP contribution in [0, 0.1) is 5.82 Å². The highest BCUT2D eigenvalue weighted by atomic mass is 32.1. The molecule has 0 bridgehead atoms. The molecule has 0 aliphatic heterocycles. The van der Waals surface area contributed by atoms with Crippen molar-refractivity contribution < 1.29 is 9.18 Å². The third-order valence-electron chi connectivity index (χ3n) is 3.90. The number of aromatic nitrogens is 1. The Balaban J connectivity index is 1.67. The predicted octanol–water partition coefficient (Wildman–Crippen LogP) is 4.86. The van der Waals surface area contributed by atoms with Gasteiger partial charge in [0.15, 0.2) is 0 Å². The summed E-state index contributed by atoms with van der Waals surface area (Å²) in [4.78, 5) is 18.4. The molecule has 0 aliphatic rings. The number of anilines is 1. The number of fused-ring (bicyclic) bond motifs is 1. The van der Waals surface area contributed by atoms with Gasteiger partial charge in [-0.15, -0.1) is 11.3 Å². The molecule has 0 spiro atoms. The largest absolute Gasteiger partial charge is 0.298 e. The molecule has 2 heterocycles. The summed E-state index contributed by atoms with van der Waals surface area (Å²) < 4.78 is 13.0. The van der Waals surface area contributed by atoms with Crippen LogP contribution >= 0.6 is 11.3 Å². The van der Waals surface area contributed by atoms with E-state index in [1.807, 2.05) is 41.8 Å². The van der Waals surface area contributed by atoms with Gasteiger partial charge in [-0.1, -0.05) is 24.3 Å². The van der Waals surface area contributed by atoms with Gasteiger partial charge in [0.05, 0.1) is 27.3 Å². The monoisotopic (exact) mass is 363 g/mol. The second kappa shape index (κ2) is 6.93. The van der Waals surface area contributed by atoms with Crippen LogP contribution in [0.25, 0.3) is 21.5 Å². The maximum absolute atomic E-state index is 13.0. The van der Waals surface area contributed by atoms with Gasteiger partial charge in [0.1, 0.15) is 5.82 Å². The van der Waals surface area contributed by atoms with Crippen LogP contribution in [-0.4, -0.2) is 10.9 Å². The molecule has 0 fully saturated rings. The van der Waals surface area contributed by atoms with E-state index in [2.05, 4.69) is 15.8 Å². The molecular weight excluding hydrogens is 349 g/mol. The lowest BCUT2D eigenvalue weighted by Crippen LogP contribution is -2.29. The molecule has 0 unspecified atom stereocenters. The quantitative estimate of drug-likeness (QED) is 0.509. The van der Waals surface area contributed by atoms with Crippen molar-refractivity contribution in [2.24, 2.45) is 0 Å². The Morgan fingerprint density at radius 1 is 1.00 bits per heavy atom. The molecule has 0 saturated carbocycles. The van der Waals surface area contributed by atoms with Gasteiger partial charge in [-0.05, 0) is 47.8 Å². The molecule has 128 valence electrons. The SMILES string of the molecule is O=C(NNc1ccc(F)cc1)c1cc(-c2cccs2)nc2ccccc12. The Kier molecular flexibility index (Phi) is 4.33. The fourth-order valence-electron chi connectivity index (χ4n) is 2.64. The van der Waals surface area contributed by atoms with Gasteiger partial charge in [-0.2, -0.15) is 0 Å². The molecule has 4 aromatic rings. The van der Waals surface area contributed by atoms with E-state index in [4.69, 9.17) is 0 Å². The Bertz CT molecular complexity index is 1060. The van der Waals surface area contributed by atoms with E-state index >= 15 is 0 Å². The number of hydrazine groups is 1. The molecule has 4 nitrogen and oxygen atoms in total. The Morgan fingerprint density at radius 3 is 2.58 bits per heavy atom. The number of pyridine rings is 1. The summed E-state index contributed by atoms with van der Waals surface area (Å²) >= 11 is 1.57. The number of hydrogen-bond donors (Lipinski definition) is 2. The Hall–Kier alpha value is -3.25. The molecule has 6 heteroatoms. The molecule has 0 atom stereocenters. The van der Waals surface area contributed by atoms with Gasteiger partial charge in [0, 0.05) is 5.39 Å². The van der Waals surface area contributed by atoms with E-state index in [0.29, 0.717) is 11.3 Å². The number of nitrogens with one attached hydrogen (secondary N) is 2. The second-order valence-corrected chi connectivity index (χ2v) is 6.58. The van der Waals surface area contributed by atoms with Crippen LogP contribution in [0.1, 0.15) is 10.4 Å². The highest BCUT2D eigenvalue weighted by Crippen LogP contribution is 2.27. The number of hydrogen-bond acceptors (Lipinski definition) is 4. The smallest absolute Gasteiger partial charge is 0.270 e. The van der Waals surface area contributed by atoms with Crippen molar-refractivity contribution in [2.75, 3.05) is 5.43 Å². The first kappa shape index (κ1) is 16.2. The van der Waals surface area contributed by atoms with Crippen molar-refractivity contribution in [2.45, 2.75) is 0 Å². The van der Waals surface area contributed by atoms with E-state index < -0.39 is 0 Å². The summed E-state index contributed by atoms with van der Waals surface area (Å²) in [7, 11) is 0. The molecular formula is C20H14FN3OS. The molecule has 0 saturated heterocycles. The fraction of sp³-hybridized carbons (Fsp3) is 0. The lowest BCUT2D eigenvalue weighted by molar-refractivity contribution is 0.0964. The third kappa shape index (κ3) is 3.27. The number of amides is 1. The molecule has 1 amide bonds. The highest BCUT2D eigenvalue weighted by molar-refractivity contribution is 7.13. The maximum atomic E-state index is 13.0. The predicted molar refractivity (Wildman–Crippen MR) is 103 cm³/mol. The number of rotatable bonds is 4. The average Bonchev–Trinajstić information content (AvgIpc) is 3.21. The van der Waals surface area contributed by atoms with Crippen molar-refractivity contribution >= 4 is 33.8 Å². The zero-order chi connectivity index (χ0) is 17.9. The van der Waals surface area contributed by atoms with Gasteiger partial charge < -0.3 is 0 Å². The minimum atomic E-state index is -0.331. The first-order valence-electron chi connectivity index (χ1n) is 7.96. The molecule has 0 radical (unpaired) electrons. The van der Waals surface area contributed by atoms with Crippen LogP contribution in [0.3, 0.4) is 0 Å². The van der Waals surface area contributed by atoms with Crippen LogP contribution in [0.5, 0.6) is 0 Å². The fourth-order valence-corrected chi connectivity index (χ4v) is 3.33. The van der Waals surface area contributed by atoms with E-state index in [1.165, 1.54) is 12.1 Å². The molecule has 0 aliphatic carbocycles. The standard InChI is InChI=1S/C20H14FN3OS/c21-13-7-9-14(10-8-13)23-24-20(25)16-12-18(19-6-3-11-26-19)22-17-5-2-1-4-15(16)17/h1-12,23H,(H,24,25). The third-order valence-corrected chi connectivity index (χ3v) is 4.79. The van der Waals surface area contributed by atoms with Crippen LogP contribution in [0.4, 0.5) is 10.1 Å². The normalized spacial score (nSPS) is 10.7. The zero-order valence-corrected chi connectivity index (χ0v) is 14.4. The Morgan fingerprint density at radius 2 is 1.81 bits per heavy atom. The number of carbonyl (C=O) groups excluding carboxylic acids is 1. The van der Waals surface area contributed by atoms with Crippen molar-refractivity contribution in [3.63, 3.8) is 0 Å². The second-order valence-electron chi connectivity index (χ2n) is 5.64. The van der Waals surface area contributed by atoms with Crippen molar-refractivity contribution in [3.05, 3.63) is 83.5 Å². The Labute approximate surface area is 153 Å². The van der Waals surface area contributed by atoms with Crippen LogP contribution in [0.15, 0.2) is 72.1 Å². The summed E-state index contributed by atoms with van der Waals surface area (Å²) in [6.07, 6.45) is 0. The van der Waals surface area contributed by atoms with Gasteiger partial charge in [-0.3, -0.25) is 15.6 Å². The summed E-state index contributed by atoms with van der Waals surface area (Å²) in [5.41, 5.74) is 8.09. The summed E-state index contributed by atoms with van der Waals surface area (Å²) in [6, 6.07) is 19.0. The number of halogens is 1. The van der Waals surface area contributed by atoms with E-state index in [0.717, 1.165) is 21.5 Å². The number of carbonyl (C=O) groups is 1. The van der Waals surface area contributed by atoms with Crippen LogP contribution in [0.2, 0.25) is 0 Å². The lowest BCUT2D eigenvalue weighted by Gasteiger charge is -2.11. The minimum Gasteiger partial charge on any atom is -0.298 e. The van der Waals surface area contributed by atoms with Crippen LogP contribution in [-0.2, 0) is 0 Å². The lowest BCUT2D eigenvalue weighted by atomic mass is 10.1. The molecule has 2 aromatic carbocycles. The van der Waals surface area contributed by atoms with E-state index in [1.54, 1.807) is 29.5 Å². The van der Waals surface area contributed by atoms with Crippen molar-refractivity contribution in [3.8, 4) is 10.6 Å². The number of para-hydroxylation sites is 1.